The van der Waals surface area contributed by atoms with Gasteiger partial charge in [0.15, 0.2) is 0 Å². The average Bonchev–Trinajstić information content (AvgIpc) is 3.14. The Morgan fingerprint density at radius 3 is 2.34 bits per heavy atom. The van der Waals surface area contributed by atoms with Crippen LogP contribution in [0.25, 0.3) is 0 Å². The number of ether oxygens (including phenoxy) is 1. The summed E-state index contributed by atoms with van der Waals surface area (Å²) in [6.07, 6.45) is 7.61. The molecule has 2 saturated heterocycles. The van der Waals surface area contributed by atoms with Gasteiger partial charge < -0.3 is 14.5 Å². The van der Waals surface area contributed by atoms with E-state index in [0.717, 1.165) is 49.9 Å². The lowest BCUT2D eigenvalue weighted by atomic mass is 9.76. The van der Waals surface area contributed by atoms with E-state index in [2.05, 4.69) is 4.90 Å². The largest absolute Gasteiger partial charge is 0.381 e. The Balaban J connectivity index is 1.34. The van der Waals surface area contributed by atoms with Crippen molar-refractivity contribution in [2.45, 2.75) is 58.0 Å². The number of methoxy groups -OCH3 is 1. The summed E-state index contributed by atoms with van der Waals surface area (Å²) in [4.78, 5) is 30.0. The van der Waals surface area contributed by atoms with Crippen molar-refractivity contribution in [3.8, 4) is 0 Å². The SMILES string of the molecule is CO[C@@H]1CCC[C@@]12CCCN(C(=O)C1CCN(C(=O)c3ccc(C)cc3)CC1)C2. The van der Waals surface area contributed by atoms with Gasteiger partial charge in [-0.15, -0.1) is 0 Å². The van der Waals surface area contributed by atoms with Crippen molar-refractivity contribution in [2.75, 3.05) is 33.3 Å². The first kappa shape index (κ1) is 20.4. The number of hydrogen-bond donors (Lipinski definition) is 0. The first-order chi connectivity index (χ1) is 14.0. The number of rotatable bonds is 3. The molecular formula is C24H34N2O3. The fourth-order valence-electron chi connectivity index (χ4n) is 5.76. The summed E-state index contributed by atoms with van der Waals surface area (Å²) in [5, 5.41) is 0. The van der Waals surface area contributed by atoms with Gasteiger partial charge in [0.1, 0.15) is 0 Å². The predicted octanol–water partition coefficient (Wildman–Crippen LogP) is 3.65. The van der Waals surface area contributed by atoms with Gasteiger partial charge in [-0.25, -0.2) is 0 Å². The molecular weight excluding hydrogens is 364 g/mol. The number of carbonyl (C=O) groups excluding carboxylic acids is 2. The molecule has 2 heterocycles. The fourth-order valence-corrected chi connectivity index (χ4v) is 5.76. The third kappa shape index (κ3) is 4.07. The van der Waals surface area contributed by atoms with Crippen molar-refractivity contribution < 1.29 is 14.3 Å². The first-order valence-corrected chi connectivity index (χ1v) is 11.2. The number of amides is 2. The molecule has 4 rings (SSSR count). The van der Waals surface area contributed by atoms with Gasteiger partial charge in [0, 0.05) is 50.2 Å². The lowest BCUT2D eigenvalue weighted by Crippen LogP contribution is -2.52. The summed E-state index contributed by atoms with van der Waals surface area (Å²) in [6, 6.07) is 7.75. The normalized spacial score (nSPS) is 28.1. The zero-order valence-electron chi connectivity index (χ0n) is 17.9. The molecule has 5 nitrogen and oxygen atoms in total. The molecule has 1 aliphatic carbocycles. The van der Waals surface area contributed by atoms with Crippen LogP contribution in [0.3, 0.4) is 0 Å². The molecule has 0 radical (unpaired) electrons. The average molecular weight is 399 g/mol. The van der Waals surface area contributed by atoms with E-state index < -0.39 is 0 Å². The minimum Gasteiger partial charge on any atom is -0.381 e. The topological polar surface area (TPSA) is 49.9 Å². The van der Waals surface area contributed by atoms with Crippen LogP contribution >= 0.6 is 0 Å². The molecule has 0 unspecified atom stereocenters. The standard InChI is InChI=1S/C24H34N2O3/c1-18-6-8-19(9-7-18)22(27)25-15-10-20(11-16-25)23(28)26-14-4-13-24(17-26)12-3-5-21(24)29-2/h6-9,20-21H,3-5,10-17H2,1-2H3/t21-,24+/m1/s1. The quantitative estimate of drug-likeness (QED) is 0.781. The summed E-state index contributed by atoms with van der Waals surface area (Å²) < 4.78 is 5.79. The van der Waals surface area contributed by atoms with E-state index in [-0.39, 0.29) is 17.2 Å². The Morgan fingerprint density at radius 2 is 1.66 bits per heavy atom. The molecule has 5 heteroatoms. The third-order valence-corrected chi connectivity index (χ3v) is 7.46. The van der Waals surface area contributed by atoms with Crippen LogP contribution in [0.4, 0.5) is 0 Å². The molecule has 1 aromatic rings. The second-order valence-electron chi connectivity index (χ2n) is 9.27. The van der Waals surface area contributed by atoms with Crippen molar-refractivity contribution in [3.63, 3.8) is 0 Å². The van der Waals surface area contributed by atoms with Gasteiger partial charge in [0.05, 0.1) is 6.10 Å². The van der Waals surface area contributed by atoms with E-state index in [1.807, 2.05) is 43.2 Å². The minimum atomic E-state index is 0.0506. The number of likely N-dealkylation sites (tertiary alicyclic amines) is 2. The summed E-state index contributed by atoms with van der Waals surface area (Å²) in [5.74, 6) is 0.435. The second kappa shape index (κ2) is 8.47. The van der Waals surface area contributed by atoms with Crippen molar-refractivity contribution in [3.05, 3.63) is 35.4 Å². The molecule has 1 aromatic carbocycles. The third-order valence-electron chi connectivity index (χ3n) is 7.46. The zero-order chi connectivity index (χ0) is 20.4. The van der Waals surface area contributed by atoms with Gasteiger partial charge in [-0.1, -0.05) is 24.1 Å². The molecule has 2 aliphatic heterocycles. The van der Waals surface area contributed by atoms with Gasteiger partial charge in [0.25, 0.3) is 5.91 Å². The summed E-state index contributed by atoms with van der Waals surface area (Å²) in [5.41, 5.74) is 2.07. The van der Waals surface area contributed by atoms with E-state index >= 15 is 0 Å². The predicted molar refractivity (Wildman–Crippen MR) is 113 cm³/mol. The Labute approximate surface area is 174 Å². The van der Waals surface area contributed by atoms with Crippen LogP contribution in [0.1, 0.15) is 60.9 Å². The zero-order valence-corrected chi connectivity index (χ0v) is 17.9. The Morgan fingerprint density at radius 1 is 0.966 bits per heavy atom. The van der Waals surface area contributed by atoms with Gasteiger partial charge in [-0.3, -0.25) is 9.59 Å². The van der Waals surface area contributed by atoms with E-state index in [1.165, 1.54) is 19.3 Å². The maximum Gasteiger partial charge on any atom is 0.253 e. The Hall–Kier alpha value is -1.88. The number of hydrogen-bond acceptors (Lipinski definition) is 3. The molecule has 3 aliphatic rings. The molecule has 0 aromatic heterocycles. The van der Waals surface area contributed by atoms with Crippen LogP contribution in [0.15, 0.2) is 24.3 Å². The first-order valence-electron chi connectivity index (χ1n) is 11.2. The fraction of sp³-hybridized carbons (Fsp3) is 0.667. The molecule has 0 N–H and O–H groups in total. The smallest absolute Gasteiger partial charge is 0.253 e. The molecule has 158 valence electrons. The van der Waals surface area contributed by atoms with Crippen LogP contribution < -0.4 is 0 Å². The van der Waals surface area contributed by atoms with Crippen molar-refractivity contribution >= 4 is 11.8 Å². The van der Waals surface area contributed by atoms with Crippen LogP contribution in [0.2, 0.25) is 0 Å². The van der Waals surface area contributed by atoms with Gasteiger partial charge >= 0.3 is 0 Å². The van der Waals surface area contributed by atoms with Gasteiger partial charge in [-0.2, -0.15) is 0 Å². The van der Waals surface area contributed by atoms with Crippen LogP contribution in [0.5, 0.6) is 0 Å². The summed E-state index contributed by atoms with van der Waals surface area (Å²) >= 11 is 0. The van der Waals surface area contributed by atoms with E-state index in [1.54, 1.807) is 0 Å². The van der Waals surface area contributed by atoms with Crippen LogP contribution in [-0.4, -0.2) is 61.0 Å². The Kier molecular flexibility index (Phi) is 5.95. The number of carbonyl (C=O) groups is 2. The van der Waals surface area contributed by atoms with E-state index in [0.29, 0.717) is 25.1 Å². The van der Waals surface area contributed by atoms with Crippen LogP contribution in [-0.2, 0) is 9.53 Å². The van der Waals surface area contributed by atoms with Crippen molar-refractivity contribution in [1.29, 1.82) is 0 Å². The second-order valence-corrected chi connectivity index (χ2v) is 9.27. The highest BCUT2D eigenvalue weighted by molar-refractivity contribution is 5.94. The molecule has 2 atom stereocenters. The lowest BCUT2D eigenvalue weighted by molar-refractivity contribution is -0.143. The van der Waals surface area contributed by atoms with E-state index in [9.17, 15) is 9.59 Å². The Bertz CT molecular complexity index is 739. The maximum absolute atomic E-state index is 13.3. The highest BCUT2D eigenvalue weighted by Gasteiger charge is 2.47. The van der Waals surface area contributed by atoms with Gasteiger partial charge in [-0.05, 0) is 57.6 Å². The molecule has 29 heavy (non-hydrogen) atoms. The van der Waals surface area contributed by atoms with Crippen LogP contribution in [0, 0.1) is 18.3 Å². The molecule has 1 saturated carbocycles. The van der Waals surface area contributed by atoms with E-state index in [4.69, 9.17) is 4.74 Å². The monoisotopic (exact) mass is 398 g/mol. The minimum absolute atomic E-state index is 0.0506. The summed E-state index contributed by atoms with van der Waals surface area (Å²) in [7, 11) is 1.82. The lowest BCUT2D eigenvalue weighted by Gasteiger charge is -2.45. The maximum atomic E-state index is 13.3. The number of aryl methyl sites for hydroxylation is 1. The highest BCUT2D eigenvalue weighted by Crippen LogP contribution is 2.46. The van der Waals surface area contributed by atoms with Crippen molar-refractivity contribution in [2.24, 2.45) is 11.3 Å². The molecule has 2 amide bonds. The van der Waals surface area contributed by atoms with Crippen molar-refractivity contribution in [1.82, 2.24) is 9.80 Å². The highest BCUT2D eigenvalue weighted by atomic mass is 16.5. The number of benzene rings is 1. The molecule has 3 fully saturated rings. The molecule has 1 spiro atoms. The summed E-state index contributed by atoms with van der Waals surface area (Å²) in [6.45, 7) is 5.09. The number of piperidine rings is 2. The molecule has 0 bridgehead atoms. The number of nitrogens with zero attached hydrogens (tertiary/aromatic N) is 2. The van der Waals surface area contributed by atoms with Gasteiger partial charge in [0.2, 0.25) is 5.91 Å².